The normalized spacial score (nSPS) is 12.0. The van der Waals surface area contributed by atoms with Crippen LogP contribution in [0.5, 0.6) is 5.75 Å². The molecule has 2 rings (SSSR count). The maximum Gasteiger partial charge on any atom is 0.129 e. The number of methoxy groups -OCH3 is 1. The Bertz CT molecular complexity index is 648. The standard InChI is InChI=1S/C19H23NOSi/c1-21-18-12-10-16(11-13-18)19(14-15-22(2,3)4)20-17-8-6-5-7-9-17/h5-13,19-20H,1-4H3. The Kier molecular flexibility index (Phi) is 5.29. The van der Waals surface area contributed by atoms with E-state index in [9.17, 15) is 0 Å². The Morgan fingerprint density at radius 3 is 2.14 bits per heavy atom. The Morgan fingerprint density at radius 1 is 0.955 bits per heavy atom. The van der Waals surface area contributed by atoms with Crippen LogP contribution in [0.1, 0.15) is 11.6 Å². The first-order chi connectivity index (χ1) is 10.5. The third-order valence-corrected chi connectivity index (χ3v) is 4.02. The lowest BCUT2D eigenvalue weighted by Crippen LogP contribution is -2.18. The minimum atomic E-state index is -1.41. The first-order valence-electron chi connectivity index (χ1n) is 7.46. The highest BCUT2D eigenvalue weighted by atomic mass is 28.3. The highest BCUT2D eigenvalue weighted by Gasteiger charge is 2.12. The second-order valence-corrected chi connectivity index (χ2v) is 11.0. The van der Waals surface area contributed by atoms with Crippen molar-refractivity contribution in [3.05, 3.63) is 60.2 Å². The first-order valence-corrected chi connectivity index (χ1v) is 11.0. The van der Waals surface area contributed by atoms with E-state index in [-0.39, 0.29) is 6.04 Å². The predicted octanol–water partition coefficient (Wildman–Crippen LogP) is 4.73. The maximum atomic E-state index is 5.23. The molecule has 0 spiro atoms. The van der Waals surface area contributed by atoms with Gasteiger partial charge in [-0.25, -0.2) is 0 Å². The van der Waals surface area contributed by atoms with Crippen LogP contribution in [-0.4, -0.2) is 15.2 Å². The van der Waals surface area contributed by atoms with Gasteiger partial charge < -0.3 is 10.1 Å². The summed E-state index contributed by atoms with van der Waals surface area (Å²) in [6, 6.07) is 18.3. The molecule has 0 aliphatic carbocycles. The molecule has 22 heavy (non-hydrogen) atoms. The molecule has 0 saturated carbocycles. The minimum absolute atomic E-state index is 0.0139. The minimum Gasteiger partial charge on any atom is -0.497 e. The lowest BCUT2D eigenvalue weighted by molar-refractivity contribution is 0.414. The third kappa shape index (κ3) is 4.98. The van der Waals surface area contributed by atoms with E-state index in [0.29, 0.717) is 0 Å². The molecule has 0 radical (unpaired) electrons. The van der Waals surface area contributed by atoms with Crippen LogP contribution in [0.3, 0.4) is 0 Å². The van der Waals surface area contributed by atoms with Gasteiger partial charge in [0.25, 0.3) is 0 Å². The van der Waals surface area contributed by atoms with Crippen LogP contribution in [0, 0.1) is 11.5 Å². The number of rotatable bonds is 4. The van der Waals surface area contributed by atoms with Gasteiger partial charge in [-0.2, -0.15) is 0 Å². The molecule has 2 aromatic rings. The fraction of sp³-hybridized carbons (Fsp3) is 0.263. The van der Waals surface area contributed by atoms with Crippen molar-refractivity contribution in [2.24, 2.45) is 0 Å². The third-order valence-electron chi connectivity index (χ3n) is 3.13. The topological polar surface area (TPSA) is 21.3 Å². The number of ether oxygens (including phenoxy) is 1. The number of nitrogens with one attached hydrogen (secondary N) is 1. The fourth-order valence-corrected chi connectivity index (χ4v) is 2.57. The van der Waals surface area contributed by atoms with Crippen molar-refractivity contribution < 1.29 is 4.74 Å². The van der Waals surface area contributed by atoms with Gasteiger partial charge in [0, 0.05) is 5.69 Å². The molecular formula is C19H23NOSi. The van der Waals surface area contributed by atoms with Gasteiger partial charge in [0.1, 0.15) is 19.9 Å². The van der Waals surface area contributed by atoms with Crippen molar-refractivity contribution in [3.63, 3.8) is 0 Å². The lowest BCUT2D eigenvalue weighted by Gasteiger charge is -2.16. The summed E-state index contributed by atoms with van der Waals surface area (Å²) in [5, 5.41) is 3.51. The van der Waals surface area contributed by atoms with E-state index in [1.165, 1.54) is 0 Å². The zero-order valence-corrected chi connectivity index (χ0v) is 14.7. The van der Waals surface area contributed by atoms with Gasteiger partial charge in [-0.15, -0.1) is 5.54 Å². The second kappa shape index (κ2) is 7.19. The molecule has 114 valence electrons. The maximum absolute atomic E-state index is 5.23. The molecule has 0 aliphatic heterocycles. The van der Waals surface area contributed by atoms with E-state index in [1.807, 2.05) is 30.3 Å². The number of para-hydroxylation sites is 1. The Hall–Kier alpha value is -2.18. The quantitative estimate of drug-likeness (QED) is 0.651. The van der Waals surface area contributed by atoms with Crippen molar-refractivity contribution in [3.8, 4) is 17.2 Å². The molecule has 0 bridgehead atoms. The van der Waals surface area contributed by atoms with Crippen LogP contribution in [0.15, 0.2) is 54.6 Å². The summed E-state index contributed by atoms with van der Waals surface area (Å²) in [6.45, 7) is 6.77. The summed E-state index contributed by atoms with van der Waals surface area (Å²) in [5.74, 6) is 4.28. The number of hydrogen-bond donors (Lipinski definition) is 1. The van der Waals surface area contributed by atoms with Crippen LogP contribution in [-0.2, 0) is 0 Å². The lowest BCUT2D eigenvalue weighted by atomic mass is 10.1. The summed E-state index contributed by atoms with van der Waals surface area (Å²) >= 11 is 0. The van der Waals surface area contributed by atoms with E-state index >= 15 is 0 Å². The van der Waals surface area contributed by atoms with Crippen LogP contribution >= 0.6 is 0 Å². The first kappa shape index (κ1) is 16.2. The molecule has 0 amide bonds. The number of anilines is 1. The van der Waals surface area contributed by atoms with Crippen LogP contribution in [0.4, 0.5) is 5.69 Å². The molecule has 2 aromatic carbocycles. The monoisotopic (exact) mass is 309 g/mol. The average molecular weight is 309 g/mol. The Balaban J connectivity index is 2.29. The summed E-state index contributed by atoms with van der Waals surface area (Å²) in [5.41, 5.74) is 5.69. The Morgan fingerprint density at radius 2 is 1.59 bits per heavy atom. The largest absolute Gasteiger partial charge is 0.497 e. The average Bonchev–Trinajstić information content (AvgIpc) is 2.52. The van der Waals surface area contributed by atoms with Gasteiger partial charge >= 0.3 is 0 Å². The van der Waals surface area contributed by atoms with Gasteiger partial charge in [-0.05, 0) is 29.8 Å². The highest BCUT2D eigenvalue weighted by molar-refractivity contribution is 6.83. The van der Waals surface area contributed by atoms with E-state index in [0.717, 1.165) is 17.0 Å². The summed E-state index contributed by atoms with van der Waals surface area (Å²) in [7, 11) is 0.267. The van der Waals surface area contributed by atoms with E-state index in [1.54, 1.807) is 7.11 Å². The highest BCUT2D eigenvalue weighted by Crippen LogP contribution is 2.21. The summed E-state index contributed by atoms with van der Waals surface area (Å²) in [6.07, 6.45) is 0. The molecule has 0 aromatic heterocycles. The molecule has 0 heterocycles. The molecule has 1 unspecified atom stereocenters. The summed E-state index contributed by atoms with van der Waals surface area (Å²) < 4.78 is 5.23. The fourth-order valence-electron chi connectivity index (χ4n) is 1.99. The molecule has 0 saturated heterocycles. The van der Waals surface area contributed by atoms with Crippen molar-refractivity contribution in [2.75, 3.05) is 12.4 Å². The SMILES string of the molecule is COc1ccc(C(C#C[Si](C)(C)C)Nc2ccccc2)cc1. The van der Waals surface area contributed by atoms with Crippen LogP contribution in [0.2, 0.25) is 19.6 Å². The van der Waals surface area contributed by atoms with Gasteiger partial charge in [0.15, 0.2) is 0 Å². The molecule has 1 N–H and O–H groups in total. The zero-order chi connectivity index (χ0) is 16.0. The van der Waals surface area contributed by atoms with Gasteiger partial charge in [-0.3, -0.25) is 0 Å². The molecule has 1 atom stereocenters. The van der Waals surface area contributed by atoms with Gasteiger partial charge in [0.05, 0.1) is 7.11 Å². The Labute approximate surface area is 134 Å². The number of benzene rings is 2. The smallest absolute Gasteiger partial charge is 0.129 e. The zero-order valence-electron chi connectivity index (χ0n) is 13.7. The predicted molar refractivity (Wildman–Crippen MR) is 96.9 cm³/mol. The molecular weight excluding hydrogens is 286 g/mol. The molecule has 2 nitrogen and oxygen atoms in total. The van der Waals surface area contributed by atoms with Crippen molar-refractivity contribution in [1.82, 2.24) is 0 Å². The van der Waals surface area contributed by atoms with Crippen molar-refractivity contribution in [2.45, 2.75) is 25.7 Å². The van der Waals surface area contributed by atoms with E-state index < -0.39 is 8.07 Å². The van der Waals surface area contributed by atoms with Crippen LogP contribution < -0.4 is 10.1 Å². The summed E-state index contributed by atoms with van der Waals surface area (Å²) in [4.78, 5) is 0. The van der Waals surface area contributed by atoms with Crippen molar-refractivity contribution in [1.29, 1.82) is 0 Å². The van der Waals surface area contributed by atoms with Crippen molar-refractivity contribution >= 4 is 13.8 Å². The van der Waals surface area contributed by atoms with E-state index in [4.69, 9.17) is 4.74 Å². The second-order valence-electron chi connectivity index (χ2n) is 6.24. The molecule has 0 aliphatic rings. The molecule has 3 heteroatoms. The number of hydrogen-bond acceptors (Lipinski definition) is 2. The van der Waals surface area contributed by atoms with Gasteiger partial charge in [-0.1, -0.05) is 55.9 Å². The van der Waals surface area contributed by atoms with Gasteiger partial charge in [0.2, 0.25) is 0 Å². The molecule has 0 fully saturated rings. The van der Waals surface area contributed by atoms with Crippen LogP contribution in [0.25, 0.3) is 0 Å². The van der Waals surface area contributed by atoms with E-state index in [2.05, 4.69) is 60.7 Å².